The van der Waals surface area contributed by atoms with Crippen LogP contribution in [-0.2, 0) is 14.8 Å². The monoisotopic (exact) mass is 259 g/mol. The quantitative estimate of drug-likeness (QED) is 0.840. The van der Waals surface area contributed by atoms with Crippen molar-refractivity contribution in [3.05, 3.63) is 11.9 Å². The molecule has 1 aliphatic heterocycles. The number of sulfonamides is 1. The van der Waals surface area contributed by atoms with Gasteiger partial charge in [0.05, 0.1) is 24.1 Å². The van der Waals surface area contributed by atoms with Gasteiger partial charge in [-0.25, -0.2) is 8.42 Å². The lowest BCUT2D eigenvalue weighted by Crippen LogP contribution is -2.48. The van der Waals surface area contributed by atoms with Gasteiger partial charge < -0.3 is 4.74 Å². The summed E-state index contributed by atoms with van der Waals surface area (Å²) < 4.78 is 31.7. The highest BCUT2D eigenvalue weighted by atomic mass is 32.2. The summed E-state index contributed by atoms with van der Waals surface area (Å²) in [5, 5.41) is 6.41. The number of aryl methyl sites for hydroxylation is 1. The van der Waals surface area contributed by atoms with Crippen molar-refractivity contribution in [2.24, 2.45) is 0 Å². The highest BCUT2D eigenvalue weighted by Gasteiger charge is 2.33. The zero-order valence-corrected chi connectivity index (χ0v) is 11.0. The Balaban J connectivity index is 2.30. The molecule has 1 fully saturated rings. The normalized spacial score (nSPS) is 27.2. The summed E-state index contributed by atoms with van der Waals surface area (Å²) >= 11 is 0. The molecule has 17 heavy (non-hydrogen) atoms. The van der Waals surface area contributed by atoms with Crippen LogP contribution in [0.25, 0.3) is 0 Å². The van der Waals surface area contributed by atoms with Crippen LogP contribution in [0.2, 0.25) is 0 Å². The van der Waals surface area contributed by atoms with Crippen LogP contribution in [-0.4, -0.2) is 48.2 Å². The molecule has 0 saturated carbocycles. The van der Waals surface area contributed by atoms with E-state index in [4.69, 9.17) is 4.74 Å². The Morgan fingerprint density at radius 1 is 1.41 bits per heavy atom. The van der Waals surface area contributed by atoms with Crippen molar-refractivity contribution >= 4 is 10.0 Å². The third-order valence-corrected chi connectivity index (χ3v) is 4.73. The second-order valence-electron chi connectivity index (χ2n) is 4.44. The van der Waals surface area contributed by atoms with E-state index in [0.29, 0.717) is 18.8 Å². The van der Waals surface area contributed by atoms with Crippen LogP contribution in [0.15, 0.2) is 11.1 Å². The Morgan fingerprint density at radius 3 is 2.47 bits per heavy atom. The molecule has 2 rings (SSSR count). The van der Waals surface area contributed by atoms with Gasteiger partial charge >= 0.3 is 0 Å². The minimum absolute atomic E-state index is 0.0827. The molecule has 2 atom stereocenters. The molecule has 0 bridgehead atoms. The average Bonchev–Trinajstić information content (AvgIpc) is 2.63. The lowest BCUT2D eigenvalue weighted by Gasteiger charge is -2.34. The maximum absolute atomic E-state index is 12.4. The summed E-state index contributed by atoms with van der Waals surface area (Å²) in [6.45, 7) is 6.22. The fraction of sp³-hybridized carbons (Fsp3) is 0.700. The first-order valence-corrected chi connectivity index (χ1v) is 7.01. The van der Waals surface area contributed by atoms with E-state index in [1.165, 1.54) is 10.5 Å². The van der Waals surface area contributed by atoms with Crippen LogP contribution >= 0.6 is 0 Å². The number of nitrogens with zero attached hydrogens (tertiary/aromatic N) is 2. The molecule has 6 nitrogen and oxygen atoms in total. The maximum atomic E-state index is 12.4. The van der Waals surface area contributed by atoms with Crippen LogP contribution in [0.4, 0.5) is 0 Å². The van der Waals surface area contributed by atoms with Gasteiger partial charge in [-0.1, -0.05) is 0 Å². The number of H-pyrrole nitrogens is 1. The summed E-state index contributed by atoms with van der Waals surface area (Å²) in [6.07, 6.45) is 1.19. The number of aromatic amines is 1. The second-order valence-corrected chi connectivity index (χ2v) is 6.34. The molecule has 2 heterocycles. The third kappa shape index (κ3) is 2.36. The number of nitrogens with one attached hydrogen (secondary N) is 1. The highest BCUT2D eigenvalue weighted by Crippen LogP contribution is 2.22. The number of rotatable bonds is 2. The molecule has 96 valence electrons. The van der Waals surface area contributed by atoms with Crippen molar-refractivity contribution in [1.29, 1.82) is 0 Å². The molecule has 7 heteroatoms. The smallest absolute Gasteiger partial charge is 0.246 e. The predicted octanol–water partition coefficient (Wildman–Crippen LogP) is 0.516. The molecule has 1 aromatic heterocycles. The number of morpholine rings is 1. The molecule has 1 saturated heterocycles. The Bertz CT molecular complexity index is 487. The van der Waals surface area contributed by atoms with Crippen molar-refractivity contribution in [3.63, 3.8) is 0 Å². The van der Waals surface area contributed by atoms with Crippen molar-refractivity contribution in [3.8, 4) is 0 Å². The Hall–Kier alpha value is -0.920. The first kappa shape index (κ1) is 12.5. The lowest BCUT2D eigenvalue weighted by atomic mass is 10.3. The Morgan fingerprint density at radius 2 is 2.00 bits per heavy atom. The Labute approximate surface area is 101 Å². The minimum atomic E-state index is -3.46. The van der Waals surface area contributed by atoms with Crippen molar-refractivity contribution < 1.29 is 13.2 Å². The van der Waals surface area contributed by atoms with E-state index in [1.807, 2.05) is 13.8 Å². The first-order valence-electron chi connectivity index (χ1n) is 5.57. The second kappa shape index (κ2) is 4.40. The van der Waals surface area contributed by atoms with E-state index in [9.17, 15) is 8.42 Å². The molecule has 1 N–H and O–H groups in total. The van der Waals surface area contributed by atoms with E-state index >= 15 is 0 Å². The molecule has 2 unspecified atom stereocenters. The fourth-order valence-corrected chi connectivity index (χ4v) is 3.77. The topological polar surface area (TPSA) is 75.3 Å². The van der Waals surface area contributed by atoms with E-state index in [0.717, 1.165) is 0 Å². The third-order valence-electron chi connectivity index (χ3n) is 2.79. The number of aromatic nitrogens is 2. The SMILES string of the molecule is Cc1[nH]ncc1S(=O)(=O)N1CC(C)OC(C)C1. The zero-order chi connectivity index (χ0) is 12.6. The van der Waals surface area contributed by atoms with Gasteiger partial charge in [0.2, 0.25) is 10.0 Å². The molecule has 0 aromatic carbocycles. The number of ether oxygens (including phenoxy) is 1. The highest BCUT2D eigenvalue weighted by molar-refractivity contribution is 7.89. The van der Waals surface area contributed by atoms with Gasteiger partial charge in [0, 0.05) is 13.1 Å². The van der Waals surface area contributed by atoms with Gasteiger partial charge in [-0.2, -0.15) is 9.40 Å². The predicted molar refractivity (Wildman–Crippen MR) is 62.1 cm³/mol. The summed E-state index contributed by atoms with van der Waals surface area (Å²) in [5.74, 6) is 0. The van der Waals surface area contributed by atoms with E-state index in [1.54, 1.807) is 6.92 Å². The van der Waals surface area contributed by atoms with E-state index in [-0.39, 0.29) is 17.1 Å². The Kier molecular flexibility index (Phi) is 3.24. The van der Waals surface area contributed by atoms with Crippen LogP contribution < -0.4 is 0 Å². The fourth-order valence-electron chi connectivity index (χ4n) is 2.07. The largest absolute Gasteiger partial charge is 0.373 e. The lowest BCUT2D eigenvalue weighted by molar-refractivity contribution is -0.0440. The molecule has 1 aliphatic rings. The van der Waals surface area contributed by atoms with Crippen molar-refractivity contribution in [2.45, 2.75) is 37.9 Å². The van der Waals surface area contributed by atoms with Gasteiger partial charge in [-0.3, -0.25) is 5.10 Å². The molecular weight excluding hydrogens is 242 g/mol. The molecule has 1 aromatic rings. The van der Waals surface area contributed by atoms with Crippen LogP contribution in [0.5, 0.6) is 0 Å². The van der Waals surface area contributed by atoms with E-state index < -0.39 is 10.0 Å². The van der Waals surface area contributed by atoms with Crippen LogP contribution in [0.3, 0.4) is 0 Å². The standard InChI is InChI=1S/C10H17N3O3S/c1-7-5-13(6-8(2)16-7)17(14,15)10-4-11-12-9(10)3/h4,7-8H,5-6H2,1-3H3,(H,11,12). The van der Waals surface area contributed by atoms with Gasteiger partial charge in [0.15, 0.2) is 0 Å². The molecule has 0 spiro atoms. The first-order chi connectivity index (χ1) is 7.91. The summed E-state index contributed by atoms with van der Waals surface area (Å²) in [5.41, 5.74) is 0.566. The van der Waals surface area contributed by atoms with Crippen LogP contribution in [0, 0.1) is 6.92 Å². The van der Waals surface area contributed by atoms with Gasteiger partial charge in [0.1, 0.15) is 4.90 Å². The zero-order valence-electron chi connectivity index (χ0n) is 10.2. The molecule has 0 aliphatic carbocycles. The van der Waals surface area contributed by atoms with Gasteiger partial charge in [-0.05, 0) is 20.8 Å². The van der Waals surface area contributed by atoms with E-state index in [2.05, 4.69) is 10.2 Å². The molecule has 0 amide bonds. The van der Waals surface area contributed by atoms with Crippen LogP contribution in [0.1, 0.15) is 19.5 Å². The number of hydrogen-bond donors (Lipinski definition) is 1. The van der Waals surface area contributed by atoms with Crippen molar-refractivity contribution in [2.75, 3.05) is 13.1 Å². The summed E-state index contributed by atoms with van der Waals surface area (Å²) in [6, 6.07) is 0. The average molecular weight is 259 g/mol. The summed E-state index contributed by atoms with van der Waals surface area (Å²) in [4.78, 5) is 0.249. The summed E-state index contributed by atoms with van der Waals surface area (Å²) in [7, 11) is -3.46. The van der Waals surface area contributed by atoms with Gasteiger partial charge in [0.25, 0.3) is 0 Å². The van der Waals surface area contributed by atoms with Gasteiger partial charge in [-0.15, -0.1) is 0 Å². The van der Waals surface area contributed by atoms with Crippen molar-refractivity contribution in [1.82, 2.24) is 14.5 Å². The number of hydrogen-bond acceptors (Lipinski definition) is 4. The minimum Gasteiger partial charge on any atom is -0.373 e. The maximum Gasteiger partial charge on any atom is 0.246 e. The molecule has 0 radical (unpaired) electrons. The molecular formula is C10H17N3O3S.